The fourth-order valence-corrected chi connectivity index (χ4v) is 2.73. The van der Waals surface area contributed by atoms with Crippen LogP contribution in [0, 0.1) is 6.92 Å². The van der Waals surface area contributed by atoms with Crippen LogP contribution in [0.2, 0.25) is 0 Å². The number of hydrogen-bond donors (Lipinski definition) is 1. The molecule has 1 rings (SSSR count). The maximum absolute atomic E-state index is 12.1. The lowest BCUT2D eigenvalue weighted by Crippen LogP contribution is -2.50. The fraction of sp³-hybridized carbons (Fsp3) is 0.733. The minimum atomic E-state index is -0.612. The summed E-state index contributed by atoms with van der Waals surface area (Å²) in [6.07, 6.45) is 4.25. The molecule has 0 saturated carbocycles. The number of aryl methyl sites for hydroxylation is 1. The monoisotopic (exact) mass is 314 g/mol. The molecule has 0 amide bonds. The number of esters is 1. The van der Waals surface area contributed by atoms with Crippen LogP contribution < -0.4 is 5.32 Å². The number of thioether (sulfide) groups is 1. The van der Waals surface area contributed by atoms with Crippen LogP contribution >= 0.6 is 11.8 Å². The fourth-order valence-electron chi connectivity index (χ4n) is 1.94. The van der Waals surface area contributed by atoms with Crippen molar-refractivity contribution >= 4 is 17.7 Å². The zero-order valence-electron chi connectivity index (χ0n) is 13.4. The van der Waals surface area contributed by atoms with Crippen molar-refractivity contribution in [1.82, 2.24) is 10.3 Å². The zero-order chi connectivity index (χ0) is 15.7. The van der Waals surface area contributed by atoms with Crippen molar-refractivity contribution in [2.75, 3.05) is 18.9 Å². The van der Waals surface area contributed by atoms with Gasteiger partial charge in [-0.1, -0.05) is 18.7 Å². The van der Waals surface area contributed by atoms with Crippen molar-refractivity contribution in [3.8, 4) is 0 Å². The Morgan fingerprint density at radius 3 is 2.86 bits per heavy atom. The summed E-state index contributed by atoms with van der Waals surface area (Å²) in [5.74, 6) is 0.693. The zero-order valence-corrected chi connectivity index (χ0v) is 14.2. The molecule has 0 saturated heterocycles. The highest BCUT2D eigenvalue weighted by Crippen LogP contribution is 2.21. The van der Waals surface area contributed by atoms with Gasteiger partial charge in [0.2, 0.25) is 0 Å². The molecule has 1 atom stereocenters. The first kappa shape index (κ1) is 18.0. The van der Waals surface area contributed by atoms with Gasteiger partial charge in [-0.25, -0.2) is 4.98 Å². The van der Waals surface area contributed by atoms with Crippen LogP contribution in [0.25, 0.3) is 0 Å². The lowest BCUT2D eigenvalue weighted by molar-refractivity contribution is -0.150. The quantitative estimate of drug-likeness (QED) is 0.406. The van der Waals surface area contributed by atoms with Gasteiger partial charge in [-0.2, -0.15) is 0 Å². The number of nitrogens with one attached hydrogen (secondary N) is 1. The molecule has 0 bridgehead atoms. The topological polar surface area (TPSA) is 64.4 Å². The van der Waals surface area contributed by atoms with Gasteiger partial charge in [0, 0.05) is 5.75 Å². The second-order valence-electron chi connectivity index (χ2n) is 5.19. The molecule has 0 aliphatic carbocycles. The van der Waals surface area contributed by atoms with Crippen molar-refractivity contribution < 1.29 is 13.9 Å². The van der Waals surface area contributed by atoms with Gasteiger partial charge in [-0.15, -0.1) is 0 Å². The normalized spacial score (nSPS) is 13.9. The number of oxazole rings is 1. The highest BCUT2D eigenvalue weighted by Gasteiger charge is 2.33. The number of nitrogens with zero attached hydrogens (tertiary/aromatic N) is 1. The van der Waals surface area contributed by atoms with E-state index < -0.39 is 5.54 Å². The predicted octanol–water partition coefficient (Wildman–Crippen LogP) is 3.18. The molecule has 1 N–H and O–H groups in total. The molecule has 5 nitrogen and oxygen atoms in total. The van der Waals surface area contributed by atoms with Crippen LogP contribution in [0.5, 0.6) is 0 Å². The molecule has 120 valence electrons. The molecule has 21 heavy (non-hydrogen) atoms. The van der Waals surface area contributed by atoms with Gasteiger partial charge in [0.05, 0.1) is 12.3 Å². The number of carbonyl (C=O) groups is 1. The Morgan fingerprint density at radius 2 is 2.29 bits per heavy atom. The highest BCUT2D eigenvalue weighted by atomic mass is 32.2. The molecule has 1 heterocycles. The third kappa shape index (κ3) is 6.09. The number of ether oxygens (including phenoxy) is 1. The predicted molar refractivity (Wildman–Crippen MR) is 84.5 cm³/mol. The van der Waals surface area contributed by atoms with Crippen LogP contribution in [-0.2, 0) is 9.53 Å². The third-order valence-electron chi connectivity index (χ3n) is 3.14. The van der Waals surface area contributed by atoms with Crippen molar-refractivity contribution in [1.29, 1.82) is 0 Å². The maximum Gasteiger partial charge on any atom is 0.326 e. The Bertz CT molecular complexity index is 436. The second-order valence-corrected chi connectivity index (χ2v) is 6.23. The molecule has 0 aliphatic heterocycles. The highest BCUT2D eigenvalue weighted by molar-refractivity contribution is 7.99. The van der Waals surface area contributed by atoms with Crippen LogP contribution in [0.4, 0.5) is 0 Å². The van der Waals surface area contributed by atoms with Crippen LogP contribution in [0.3, 0.4) is 0 Å². The first-order valence-electron chi connectivity index (χ1n) is 7.49. The molecule has 1 unspecified atom stereocenters. The standard InChI is InChI=1S/C15H26N2O3S/c1-5-9-16-15(4,13(18)19-6-2)8-7-10-21-14-17-12(3)11-20-14/h11,16H,5-10H2,1-4H3. The van der Waals surface area contributed by atoms with Crippen LogP contribution in [-0.4, -0.2) is 35.4 Å². The molecule has 0 radical (unpaired) electrons. The minimum Gasteiger partial charge on any atom is -0.465 e. The van der Waals surface area contributed by atoms with E-state index in [1.165, 1.54) is 0 Å². The molecule has 1 aromatic heterocycles. The summed E-state index contributed by atoms with van der Waals surface area (Å²) in [6, 6.07) is 0. The van der Waals surface area contributed by atoms with Crippen molar-refractivity contribution in [2.24, 2.45) is 0 Å². The lowest BCUT2D eigenvalue weighted by atomic mass is 9.96. The van der Waals surface area contributed by atoms with E-state index in [4.69, 9.17) is 9.15 Å². The molecular formula is C15H26N2O3S. The molecule has 6 heteroatoms. The molecule has 0 aliphatic rings. The summed E-state index contributed by atoms with van der Waals surface area (Å²) in [6.45, 7) is 8.95. The SMILES string of the molecule is CCCNC(C)(CCCSc1nc(C)co1)C(=O)OCC. The Balaban J connectivity index is 2.43. The largest absolute Gasteiger partial charge is 0.465 e. The van der Waals surface area contributed by atoms with Crippen LogP contribution in [0.15, 0.2) is 15.9 Å². The van der Waals surface area contributed by atoms with Crippen molar-refractivity contribution in [3.05, 3.63) is 12.0 Å². The van der Waals surface area contributed by atoms with E-state index in [2.05, 4.69) is 17.2 Å². The van der Waals surface area contributed by atoms with E-state index in [-0.39, 0.29) is 5.97 Å². The molecule has 0 spiro atoms. The molecule has 1 aromatic rings. The summed E-state index contributed by atoms with van der Waals surface area (Å²) in [5.41, 5.74) is 0.275. The summed E-state index contributed by atoms with van der Waals surface area (Å²) in [5, 5.41) is 4.00. The Hall–Kier alpha value is -1.01. The summed E-state index contributed by atoms with van der Waals surface area (Å²) in [4.78, 5) is 16.4. The Kier molecular flexibility index (Phi) is 7.82. The molecule has 0 fully saturated rings. The molecule has 0 aromatic carbocycles. The van der Waals surface area contributed by atoms with E-state index in [1.807, 2.05) is 20.8 Å². The Labute approximate surface area is 131 Å². The lowest BCUT2D eigenvalue weighted by Gasteiger charge is -2.28. The summed E-state index contributed by atoms with van der Waals surface area (Å²) >= 11 is 1.57. The maximum atomic E-state index is 12.1. The van der Waals surface area contributed by atoms with E-state index in [0.29, 0.717) is 11.8 Å². The molecular weight excluding hydrogens is 288 g/mol. The number of carbonyl (C=O) groups excluding carboxylic acids is 1. The van der Waals surface area contributed by atoms with Gasteiger partial charge in [0.1, 0.15) is 11.8 Å². The number of aromatic nitrogens is 1. The van der Waals surface area contributed by atoms with Gasteiger partial charge in [-0.3, -0.25) is 4.79 Å². The van der Waals surface area contributed by atoms with Crippen molar-refractivity contribution in [3.63, 3.8) is 0 Å². The average molecular weight is 314 g/mol. The number of rotatable bonds is 10. The smallest absolute Gasteiger partial charge is 0.326 e. The van der Waals surface area contributed by atoms with Gasteiger partial charge in [-0.05, 0) is 46.6 Å². The van der Waals surface area contributed by atoms with E-state index in [0.717, 1.165) is 37.3 Å². The first-order valence-corrected chi connectivity index (χ1v) is 8.47. The van der Waals surface area contributed by atoms with Gasteiger partial charge >= 0.3 is 5.97 Å². The minimum absolute atomic E-state index is 0.171. The van der Waals surface area contributed by atoms with E-state index in [9.17, 15) is 4.79 Å². The van der Waals surface area contributed by atoms with Gasteiger partial charge in [0.25, 0.3) is 5.22 Å². The van der Waals surface area contributed by atoms with Crippen molar-refractivity contribution in [2.45, 2.75) is 57.7 Å². The summed E-state index contributed by atoms with van der Waals surface area (Å²) < 4.78 is 10.5. The first-order chi connectivity index (χ1) is 10.0. The van der Waals surface area contributed by atoms with Gasteiger partial charge < -0.3 is 14.5 Å². The van der Waals surface area contributed by atoms with E-state index >= 15 is 0 Å². The van der Waals surface area contributed by atoms with Gasteiger partial charge in [0.15, 0.2) is 0 Å². The Morgan fingerprint density at radius 1 is 1.52 bits per heavy atom. The third-order valence-corrected chi connectivity index (χ3v) is 4.06. The number of hydrogen-bond acceptors (Lipinski definition) is 6. The second kappa shape index (κ2) is 9.10. The summed E-state index contributed by atoms with van der Waals surface area (Å²) in [7, 11) is 0. The van der Waals surface area contributed by atoms with E-state index in [1.54, 1.807) is 18.0 Å². The average Bonchev–Trinajstić information content (AvgIpc) is 2.87. The van der Waals surface area contributed by atoms with Crippen LogP contribution in [0.1, 0.15) is 45.7 Å².